The Hall–Kier alpha value is -1.51. The molecule has 1 aliphatic heterocycles. The van der Waals surface area contributed by atoms with Crippen molar-refractivity contribution < 1.29 is 27.8 Å². The van der Waals surface area contributed by atoms with E-state index in [9.17, 15) is 23.1 Å². The lowest BCUT2D eigenvalue weighted by Crippen LogP contribution is -2.38. The van der Waals surface area contributed by atoms with E-state index in [4.69, 9.17) is 4.74 Å². The van der Waals surface area contributed by atoms with Gasteiger partial charge in [0.25, 0.3) is 0 Å². The minimum absolute atomic E-state index is 0. The summed E-state index contributed by atoms with van der Waals surface area (Å²) in [5, 5.41) is 15.9. The number of alkyl halides is 3. The van der Waals surface area contributed by atoms with Crippen LogP contribution >= 0.6 is 12.4 Å². The van der Waals surface area contributed by atoms with E-state index >= 15 is 0 Å². The first-order valence-corrected chi connectivity index (χ1v) is 8.77. The van der Waals surface area contributed by atoms with Gasteiger partial charge in [0, 0.05) is 12.5 Å². The molecule has 3 rings (SSSR count). The fraction of sp³-hybridized carbons (Fsp3) is 0.611. The van der Waals surface area contributed by atoms with Crippen LogP contribution in [0.5, 0.6) is 5.75 Å². The molecule has 0 aromatic heterocycles. The molecule has 152 valence electrons. The van der Waals surface area contributed by atoms with Crippen molar-refractivity contribution in [3.63, 3.8) is 0 Å². The number of hydrogen-bond acceptors (Lipinski definition) is 4. The quantitative estimate of drug-likeness (QED) is 0.676. The Balaban J connectivity index is 0.00000261. The van der Waals surface area contributed by atoms with Gasteiger partial charge in [0.2, 0.25) is 5.91 Å². The highest BCUT2D eigenvalue weighted by molar-refractivity contribution is 5.85. The number of ether oxygens (including phenoxy) is 1. The lowest BCUT2D eigenvalue weighted by Gasteiger charge is -2.23. The maximum Gasteiger partial charge on any atom is 0.416 e. The zero-order valence-corrected chi connectivity index (χ0v) is 15.5. The Morgan fingerprint density at radius 3 is 2.52 bits per heavy atom. The maximum atomic E-state index is 12.5. The maximum absolute atomic E-state index is 12.5. The molecule has 27 heavy (non-hydrogen) atoms. The molecule has 2 unspecified atom stereocenters. The van der Waals surface area contributed by atoms with Gasteiger partial charge in [-0.15, -0.1) is 12.4 Å². The molecule has 9 heteroatoms. The summed E-state index contributed by atoms with van der Waals surface area (Å²) >= 11 is 0. The van der Waals surface area contributed by atoms with Gasteiger partial charge in [0.15, 0.2) is 0 Å². The molecule has 1 aliphatic carbocycles. The summed E-state index contributed by atoms with van der Waals surface area (Å²) in [5.74, 6) is 0.215. The van der Waals surface area contributed by atoms with Gasteiger partial charge in [-0.3, -0.25) is 4.79 Å². The molecule has 2 fully saturated rings. The third-order valence-corrected chi connectivity index (χ3v) is 5.24. The van der Waals surface area contributed by atoms with E-state index in [0.29, 0.717) is 0 Å². The van der Waals surface area contributed by atoms with Crippen LogP contribution in [0.25, 0.3) is 0 Å². The third kappa shape index (κ3) is 5.49. The van der Waals surface area contributed by atoms with Crippen LogP contribution in [0.1, 0.15) is 24.8 Å². The highest BCUT2D eigenvalue weighted by Gasteiger charge is 2.57. The lowest BCUT2D eigenvalue weighted by molar-refractivity contribution is -0.137. The van der Waals surface area contributed by atoms with Gasteiger partial charge >= 0.3 is 6.18 Å². The number of aliphatic hydroxyl groups excluding tert-OH is 1. The number of nitrogens with one attached hydrogen (secondary N) is 2. The Morgan fingerprint density at radius 2 is 1.93 bits per heavy atom. The highest BCUT2D eigenvalue weighted by atomic mass is 35.5. The minimum Gasteiger partial charge on any atom is -0.491 e. The molecule has 1 spiro atoms. The minimum atomic E-state index is -4.39. The first-order valence-electron chi connectivity index (χ1n) is 8.77. The van der Waals surface area contributed by atoms with Crippen molar-refractivity contribution in [2.24, 2.45) is 11.3 Å². The van der Waals surface area contributed by atoms with Crippen LogP contribution in [0.3, 0.4) is 0 Å². The van der Waals surface area contributed by atoms with Crippen molar-refractivity contribution >= 4 is 18.3 Å². The van der Waals surface area contributed by atoms with Gasteiger partial charge in [-0.05, 0) is 62.0 Å². The molecule has 0 radical (unpaired) electrons. The van der Waals surface area contributed by atoms with Crippen molar-refractivity contribution in [3.8, 4) is 5.75 Å². The van der Waals surface area contributed by atoms with Crippen molar-refractivity contribution in [3.05, 3.63) is 29.8 Å². The number of piperidine rings is 1. The average molecular weight is 409 g/mol. The first-order chi connectivity index (χ1) is 12.3. The fourth-order valence-electron chi connectivity index (χ4n) is 3.53. The van der Waals surface area contributed by atoms with E-state index in [1.807, 2.05) is 0 Å². The van der Waals surface area contributed by atoms with Crippen LogP contribution in [0, 0.1) is 11.3 Å². The SMILES string of the molecule is Cl.O=C(NCC(O)COc1ccc(C(F)(F)F)cc1)C1CC12CCNCC2. The van der Waals surface area contributed by atoms with Crippen LogP contribution < -0.4 is 15.4 Å². The largest absolute Gasteiger partial charge is 0.491 e. The Bertz CT molecular complexity index is 634. The van der Waals surface area contributed by atoms with Crippen LogP contribution in [0.4, 0.5) is 13.2 Å². The number of hydrogen-bond donors (Lipinski definition) is 3. The third-order valence-electron chi connectivity index (χ3n) is 5.24. The average Bonchev–Trinajstić information content (AvgIpc) is 3.31. The molecule has 1 saturated carbocycles. The lowest BCUT2D eigenvalue weighted by atomic mass is 9.92. The van der Waals surface area contributed by atoms with Gasteiger partial charge in [-0.25, -0.2) is 0 Å². The van der Waals surface area contributed by atoms with Crippen LogP contribution in [-0.4, -0.2) is 43.4 Å². The number of benzene rings is 1. The standard InChI is InChI=1S/C18H23F3N2O3.ClH/c19-18(20,21)12-1-3-14(4-2-12)26-11-13(24)10-23-16(25)15-9-17(15)5-7-22-8-6-17;/h1-4,13,15,22,24H,5-11H2,(H,23,25);1H. The van der Waals surface area contributed by atoms with Crippen molar-refractivity contribution in [2.45, 2.75) is 31.5 Å². The molecule has 5 nitrogen and oxygen atoms in total. The van der Waals surface area contributed by atoms with Crippen molar-refractivity contribution in [1.82, 2.24) is 10.6 Å². The van der Waals surface area contributed by atoms with E-state index in [-0.39, 0.29) is 48.5 Å². The summed E-state index contributed by atoms with van der Waals surface area (Å²) in [6, 6.07) is 4.27. The van der Waals surface area contributed by atoms with Crippen molar-refractivity contribution in [2.75, 3.05) is 26.2 Å². The number of rotatable bonds is 6. The zero-order valence-electron chi connectivity index (χ0n) is 14.7. The second-order valence-electron chi connectivity index (χ2n) is 7.10. The predicted octanol–water partition coefficient (Wildman–Crippen LogP) is 2.37. The Morgan fingerprint density at radius 1 is 1.30 bits per heavy atom. The number of halogens is 4. The van der Waals surface area contributed by atoms with Gasteiger partial charge in [0.1, 0.15) is 18.5 Å². The van der Waals surface area contributed by atoms with E-state index in [0.717, 1.165) is 44.5 Å². The highest BCUT2D eigenvalue weighted by Crippen LogP contribution is 2.58. The van der Waals surface area contributed by atoms with E-state index in [2.05, 4.69) is 10.6 Å². The van der Waals surface area contributed by atoms with Crippen LogP contribution in [0.2, 0.25) is 0 Å². The van der Waals surface area contributed by atoms with Crippen LogP contribution in [-0.2, 0) is 11.0 Å². The molecule has 1 heterocycles. The number of carbonyl (C=O) groups is 1. The number of amides is 1. The second-order valence-corrected chi connectivity index (χ2v) is 7.10. The van der Waals surface area contributed by atoms with Gasteiger partial charge in [0.05, 0.1) is 5.56 Å². The number of carbonyl (C=O) groups excluding carboxylic acids is 1. The molecular formula is C18H24ClF3N2O3. The molecule has 0 bridgehead atoms. The molecule has 1 aromatic carbocycles. The Labute approximate surface area is 162 Å². The van der Waals surface area contributed by atoms with Gasteiger partial charge < -0.3 is 20.5 Å². The summed E-state index contributed by atoms with van der Waals surface area (Å²) in [5.41, 5.74) is -0.620. The molecular weight excluding hydrogens is 385 g/mol. The van der Waals surface area contributed by atoms with E-state index < -0.39 is 17.8 Å². The molecule has 1 amide bonds. The zero-order chi connectivity index (χ0) is 18.8. The van der Waals surface area contributed by atoms with Crippen molar-refractivity contribution in [1.29, 1.82) is 0 Å². The summed E-state index contributed by atoms with van der Waals surface area (Å²) in [7, 11) is 0. The van der Waals surface area contributed by atoms with Gasteiger partial charge in [-0.1, -0.05) is 0 Å². The predicted molar refractivity (Wildman–Crippen MR) is 95.8 cm³/mol. The summed E-state index contributed by atoms with van der Waals surface area (Å²) in [6.07, 6.45) is -2.41. The smallest absolute Gasteiger partial charge is 0.416 e. The first kappa shape index (κ1) is 21.8. The second kappa shape index (κ2) is 8.67. The van der Waals surface area contributed by atoms with E-state index in [1.54, 1.807) is 0 Å². The molecule has 1 saturated heterocycles. The topological polar surface area (TPSA) is 70.6 Å². The molecule has 2 aliphatic rings. The molecule has 1 aromatic rings. The summed E-state index contributed by atoms with van der Waals surface area (Å²) in [4.78, 5) is 12.2. The monoisotopic (exact) mass is 408 g/mol. The molecule has 3 N–H and O–H groups in total. The van der Waals surface area contributed by atoms with Crippen LogP contribution in [0.15, 0.2) is 24.3 Å². The summed E-state index contributed by atoms with van der Waals surface area (Å²) in [6.45, 7) is 1.83. The normalized spacial score (nSPS) is 21.9. The summed E-state index contributed by atoms with van der Waals surface area (Å²) < 4.78 is 42.7. The Kier molecular flexibility index (Phi) is 6.99. The van der Waals surface area contributed by atoms with E-state index in [1.165, 1.54) is 12.1 Å². The number of aliphatic hydroxyl groups is 1. The molecule has 2 atom stereocenters. The fourth-order valence-corrected chi connectivity index (χ4v) is 3.53. The van der Waals surface area contributed by atoms with Gasteiger partial charge in [-0.2, -0.15) is 13.2 Å².